The third-order valence-corrected chi connectivity index (χ3v) is 3.48. The van der Waals surface area contributed by atoms with Crippen LogP contribution in [0.5, 0.6) is 0 Å². The Bertz CT molecular complexity index is 686. The van der Waals surface area contributed by atoms with E-state index in [1.807, 2.05) is 24.3 Å². The normalized spacial score (nSPS) is 16.7. The second-order valence-corrected chi connectivity index (χ2v) is 4.91. The number of hydrogen-bond acceptors (Lipinski definition) is 3. The molecule has 6 heteroatoms. The first kappa shape index (κ1) is 14.5. The molecule has 4 nitrogen and oxygen atoms in total. The monoisotopic (exact) mass is 304 g/mol. The van der Waals surface area contributed by atoms with Gasteiger partial charge in [0.2, 0.25) is 0 Å². The van der Waals surface area contributed by atoms with Crippen LogP contribution in [0.3, 0.4) is 0 Å². The maximum absolute atomic E-state index is 13.5. The Morgan fingerprint density at radius 2 is 1.86 bits per heavy atom. The molecule has 0 fully saturated rings. The zero-order valence-electron chi connectivity index (χ0n) is 11.6. The van der Waals surface area contributed by atoms with E-state index in [-0.39, 0.29) is 0 Å². The lowest BCUT2D eigenvalue weighted by Gasteiger charge is -2.26. The summed E-state index contributed by atoms with van der Waals surface area (Å²) in [6.45, 7) is 0.656. The van der Waals surface area contributed by atoms with E-state index in [4.69, 9.17) is 4.74 Å². The first-order valence-corrected chi connectivity index (χ1v) is 6.88. The first-order valence-electron chi connectivity index (χ1n) is 6.88. The van der Waals surface area contributed by atoms with E-state index in [2.05, 4.69) is 10.6 Å². The molecule has 22 heavy (non-hydrogen) atoms. The van der Waals surface area contributed by atoms with Gasteiger partial charge in [-0.3, -0.25) is 10.6 Å². The number of nitrogens with one attached hydrogen (secondary N) is 2. The van der Waals surface area contributed by atoms with Crippen molar-refractivity contribution in [2.24, 2.45) is 0 Å². The average Bonchev–Trinajstić information content (AvgIpc) is 2.51. The van der Waals surface area contributed by atoms with Crippen molar-refractivity contribution in [2.45, 2.75) is 12.6 Å². The van der Waals surface area contributed by atoms with E-state index in [0.717, 1.165) is 29.7 Å². The maximum Gasteiger partial charge on any atom is 0.413 e. The molecule has 0 bridgehead atoms. The van der Waals surface area contributed by atoms with Crippen LogP contribution in [0.25, 0.3) is 0 Å². The van der Waals surface area contributed by atoms with Crippen LogP contribution in [0.15, 0.2) is 42.5 Å². The largest absolute Gasteiger partial charge is 0.426 e. The van der Waals surface area contributed by atoms with E-state index >= 15 is 0 Å². The lowest BCUT2D eigenvalue weighted by molar-refractivity contribution is 0.0852. The molecule has 2 aromatic carbocycles. The Balaban J connectivity index is 1.73. The van der Waals surface area contributed by atoms with Crippen molar-refractivity contribution < 1.29 is 18.3 Å². The van der Waals surface area contributed by atoms with Gasteiger partial charge in [-0.2, -0.15) is 0 Å². The molecule has 1 aliphatic rings. The van der Waals surface area contributed by atoms with Gasteiger partial charge in [0.05, 0.1) is 0 Å². The molecule has 0 saturated carbocycles. The van der Waals surface area contributed by atoms with Crippen molar-refractivity contribution in [1.29, 1.82) is 0 Å². The van der Waals surface area contributed by atoms with Crippen molar-refractivity contribution in [3.05, 3.63) is 65.2 Å². The van der Waals surface area contributed by atoms with Gasteiger partial charge < -0.3 is 4.74 Å². The smallest absolute Gasteiger partial charge is 0.413 e. The molecule has 0 saturated heterocycles. The highest BCUT2D eigenvalue weighted by Crippen LogP contribution is 2.25. The number of anilines is 1. The summed E-state index contributed by atoms with van der Waals surface area (Å²) < 4.78 is 32.2. The summed E-state index contributed by atoms with van der Waals surface area (Å²) in [5.74, 6) is -1.71. The van der Waals surface area contributed by atoms with Crippen molar-refractivity contribution in [3.63, 3.8) is 0 Å². The molecule has 1 atom stereocenters. The number of para-hydroxylation sites is 1. The minimum Gasteiger partial charge on any atom is -0.426 e. The van der Waals surface area contributed by atoms with Crippen LogP contribution in [-0.2, 0) is 11.2 Å². The molecule has 2 N–H and O–H groups in total. The molecule has 114 valence electrons. The number of halogens is 2. The molecule has 2 aromatic rings. The Kier molecular flexibility index (Phi) is 4.02. The fraction of sp³-hybridized carbons (Fsp3) is 0.188. The van der Waals surface area contributed by atoms with Crippen molar-refractivity contribution in [2.75, 3.05) is 11.9 Å². The Morgan fingerprint density at radius 1 is 1.14 bits per heavy atom. The quantitative estimate of drug-likeness (QED) is 0.894. The van der Waals surface area contributed by atoms with E-state index in [1.165, 1.54) is 6.07 Å². The van der Waals surface area contributed by atoms with Gasteiger partial charge in [-0.05, 0) is 24.1 Å². The van der Waals surface area contributed by atoms with Crippen LogP contribution < -0.4 is 10.6 Å². The standard InChI is InChI=1S/C16H14F2N2O2/c17-12-6-3-7-13(18)14(12)20-16(21)22-15-11-5-2-1-4-10(11)8-9-19-15/h1-7,15,19H,8-9H2,(H,20,21)/t15-/m0/s1. The maximum atomic E-state index is 13.5. The van der Waals surface area contributed by atoms with E-state index in [1.54, 1.807) is 0 Å². The summed E-state index contributed by atoms with van der Waals surface area (Å²) >= 11 is 0. The molecule has 0 aliphatic carbocycles. The predicted octanol–water partition coefficient (Wildman–Crippen LogP) is 3.36. The van der Waals surface area contributed by atoms with Crippen LogP contribution in [0.4, 0.5) is 19.3 Å². The summed E-state index contributed by atoms with van der Waals surface area (Å²) in [6.07, 6.45) is -0.724. The highest BCUT2D eigenvalue weighted by Gasteiger charge is 2.23. The summed E-state index contributed by atoms with van der Waals surface area (Å²) in [6, 6.07) is 10.9. The van der Waals surface area contributed by atoms with Crippen molar-refractivity contribution >= 4 is 11.8 Å². The van der Waals surface area contributed by atoms with Crippen LogP contribution in [-0.4, -0.2) is 12.6 Å². The molecule has 1 aliphatic heterocycles. The number of ether oxygens (including phenoxy) is 1. The second-order valence-electron chi connectivity index (χ2n) is 4.91. The number of hydrogen-bond donors (Lipinski definition) is 2. The minimum absolute atomic E-state index is 0.517. The summed E-state index contributed by atoms with van der Waals surface area (Å²) in [5, 5.41) is 5.16. The first-order chi connectivity index (χ1) is 10.6. The third kappa shape index (κ3) is 2.92. The second kappa shape index (κ2) is 6.11. The molecular weight excluding hydrogens is 290 g/mol. The van der Waals surface area contributed by atoms with Gasteiger partial charge in [0.1, 0.15) is 17.3 Å². The molecule has 0 radical (unpaired) electrons. The molecule has 0 aromatic heterocycles. The third-order valence-electron chi connectivity index (χ3n) is 3.48. The van der Waals surface area contributed by atoms with E-state index in [0.29, 0.717) is 6.54 Å². The number of carbonyl (C=O) groups is 1. The highest BCUT2D eigenvalue weighted by molar-refractivity contribution is 5.85. The fourth-order valence-corrected chi connectivity index (χ4v) is 2.43. The van der Waals surface area contributed by atoms with Crippen molar-refractivity contribution in [1.82, 2.24) is 5.32 Å². The summed E-state index contributed by atoms with van der Waals surface area (Å²) in [4.78, 5) is 11.9. The number of benzene rings is 2. The van der Waals surface area contributed by atoms with Gasteiger partial charge in [0.25, 0.3) is 0 Å². The minimum atomic E-state index is -0.918. The van der Waals surface area contributed by atoms with Crippen LogP contribution in [0.1, 0.15) is 17.4 Å². The molecule has 3 rings (SSSR count). The number of fused-ring (bicyclic) bond motifs is 1. The average molecular weight is 304 g/mol. The predicted molar refractivity (Wildman–Crippen MR) is 77.4 cm³/mol. The lowest BCUT2D eigenvalue weighted by atomic mass is 10.00. The van der Waals surface area contributed by atoms with Gasteiger partial charge >= 0.3 is 6.09 Å². The number of rotatable bonds is 2. The van der Waals surface area contributed by atoms with Crippen molar-refractivity contribution in [3.8, 4) is 0 Å². The van der Waals surface area contributed by atoms with Gasteiger partial charge in [0, 0.05) is 12.1 Å². The molecule has 1 heterocycles. The zero-order valence-corrected chi connectivity index (χ0v) is 11.6. The Hall–Kier alpha value is -2.47. The summed E-state index contributed by atoms with van der Waals surface area (Å²) in [5.41, 5.74) is 1.41. The van der Waals surface area contributed by atoms with Crippen LogP contribution in [0.2, 0.25) is 0 Å². The fourth-order valence-electron chi connectivity index (χ4n) is 2.43. The Morgan fingerprint density at radius 3 is 2.64 bits per heavy atom. The van der Waals surface area contributed by atoms with Gasteiger partial charge in [-0.25, -0.2) is 13.6 Å². The Labute approximate surface area is 126 Å². The van der Waals surface area contributed by atoms with Crippen LogP contribution in [0, 0.1) is 11.6 Å². The summed E-state index contributed by atoms with van der Waals surface area (Å²) in [7, 11) is 0. The number of carbonyl (C=O) groups excluding carboxylic acids is 1. The highest BCUT2D eigenvalue weighted by atomic mass is 19.1. The molecular formula is C16H14F2N2O2. The molecule has 0 unspecified atom stereocenters. The number of amides is 1. The topological polar surface area (TPSA) is 50.4 Å². The van der Waals surface area contributed by atoms with E-state index in [9.17, 15) is 13.6 Å². The zero-order chi connectivity index (χ0) is 15.5. The van der Waals surface area contributed by atoms with Gasteiger partial charge in [-0.1, -0.05) is 30.3 Å². The van der Waals surface area contributed by atoms with Gasteiger partial charge in [0.15, 0.2) is 6.23 Å². The lowest BCUT2D eigenvalue weighted by Crippen LogP contribution is -2.34. The molecule has 0 spiro atoms. The van der Waals surface area contributed by atoms with Gasteiger partial charge in [-0.15, -0.1) is 0 Å². The van der Waals surface area contributed by atoms with E-state index < -0.39 is 29.6 Å². The molecule has 1 amide bonds. The SMILES string of the molecule is O=C(Nc1c(F)cccc1F)O[C@@H]1NCCc2ccccc21. The van der Waals surface area contributed by atoms with Crippen LogP contribution >= 0.6 is 0 Å².